The monoisotopic (exact) mass is 176 g/mol. The van der Waals surface area contributed by atoms with Crippen LogP contribution in [0.15, 0.2) is 6.20 Å². The van der Waals surface area contributed by atoms with E-state index in [4.69, 9.17) is 23.2 Å². The Morgan fingerprint density at radius 3 is 2.70 bits per heavy atom. The van der Waals surface area contributed by atoms with Gasteiger partial charge in [0.15, 0.2) is 6.29 Å². The molecule has 1 aromatic rings. The van der Waals surface area contributed by atoms with E-state index in [1.807, 2.05) is 0 Å². The molecule has 0 atom stereocenters. The summed E-state index contributed by atoms with van der Waals surface area (Å²) in [5.41, 5.74) is 0.113. The average molecular weight is 177 g/mol. The lowest BCUT2D eigenvalue weighted by Gasteiger charge is -1.92. The maximum atomic E-state index is 10.1. The minimum atomic E-state index is 0.0199. The number of hydrogen-bond acceptors (Lipinski definition) is 3. The van der Waals surface area contributed by atoms with Crippen molar-refractivity contribution in [3.8, 4) is 0 Å². The number of carbonyl (C=O) groups excluding carboxylic acids is 1. The van der Waals surface area contributed by atoms with Crippen LogP contribution in [0.3, 0.4) is 0 Å². The van der Waals surface area contributed by atoms with E-state index in [1.165, 1.54) is 6.20 Å². The Balaban J connectivity index is 3.21. The first-order valence-electron chi connectivity index (χ1n) is 2.37. The Labute approximate surface area is 67.0 Å². The summed E-state index contributed by atoms with van der Waals surface area (Å²) < 4.78 is 0. The van der Waals surface area contributed by atoms with Crippen molar-refractivity contribution in [2.45, 2.75) is 0 Å². The van der Waals surface area contributed by atoms with Crippen molar-refractivity contribution in [1.29, 1.82) is 0 Å². The average Bonchev–Trinajstić information content (AvgIpc) is 1.94. The fourth-order valence-electron chi connectivity index (χ4n) is 0.440. The third-order valence-corrected chi connectivity index (χ3v) is 1.33. The molecule has 1 rings (SSSR count). The number of rotatable bonds is 1. The predicted molar refractivity (Wildman–Crippen MR) is 37.4 cm³/mol. The zero-order chi connectivity index (χ0) is 7.56. The Bertz CT molecular complexity index is 264. The van der Waals surface area contributed by atoms with Crippen molar-refractivity contribution in [3.05, 3.63) is 22.2 Å². The summed E-state index contributed by atoms with van der Waals surface area (Å²) >= 11 is 10.8. The molecule has 0 aliphatic heterocycles. The van der Waals surface area contributed by atoms with E-state index in [9.17, 15) is 4.79 Å². The lowest BCUT2D eigenvalue weighted by molar-refractivity contribution is 0.111. The van der Waals surface area contributed by atoms with Gasteiger partial charge in [-0.1, -0.05) is 11.6 Å². The van der Waals surface area contributed by atoms with Gasteiger partial charge in [0.2, 0.25) is 5.28 Å². The molecule has 0 saturated heterocycles. The van der Waals surface area contributed by atoms with Crippen LogP contribution in [-0.4, -0.2) is 16.3 Å². The van der Waals surface area contributed by atoms with Crippen LogP contribution in [0, 0.1) is 0 Å². The van der Waals surface area contributed by atoms with Crippen molar-refractivity contribution in [3.63, 3.8) is 0 Å². The molecular formula is C5H2Cl2N2O. The van der Waals surface area contributed by atoms with Gasteiger partial charge in [-0.15, -0.1) is 0 Å². The molecule has 52 valence electrons. The van der Waals surface area contributed by atoms with Crippen LogP contribution in [0.5, 0.6) is 0 Å². The number of carbonyl (C=O) groups is 1. The number of nitrogens with zero attached hydrogens (tertiary/aromatic N) is 2. The van der Waals surface area contributed by atoms with E-state index in [0.29, 0.717) is 6.29 Å². The van der Waals surface area contributed by atoms with Gasteiger partial charge in [-0.05, 0) is 11.6 Å². The second-order valence-corrected chi connectivity index (χ2v) is 2.24. The van der Waals surface area contributed by atoms with Gasteiger partial charge in [0, 0.05) is 0 Å². The zero-order valence-corrected chi connectivity index (χ0v) is 6.23. The van der Waals surface area contributed by atoms with Gasteiger partial charge in [-0.25, -0.2) is 9.97 Å². The van der Waals surface area contributed by atoms with Crippen LogP contribution in [0.4, 0.5) is 0 Å². The first kappa shape index (κ1) is 7.44. The van der Waals surface area contributed by atoms with Gasteiger partial charge in [-0.3, -0.25) is 4.79 Å². The van der Waals surface area contributed by atoms with Crippen molar-refractivity contribution < 1.29 is 4.79 Å². The molecule has 0 fully saturated rings. The number of aromatic nitrogens is 2. The zero-order valence-electron chi connectivity index (χ0n) is 4.71. The molecule has 0 aliphatic carbocycles. The summed E-state index contributed by atoms with van der Waals surface area (Å²) in [4.78, 5) is 17.2. The maximum Gasteiger partial charge on any atom is 0.223 e. The molecule has 0 saturated carbocycles. The van der Waals surface area contributed by atoms with E-state index in [0.717, 1.165) is 0 Å². The van der Waals surface area contributed by atoms with Crippen LogP contribution in [-0.2, 0) is 0 Å². The molecule has 1 heterocycles. The molecule has 0 bridgehead atoms. The van der Waals surface area contributed by atoms with Crippen LogP contribution in [0.1, 0.15) is 10.5 Å². The molecule has 10 heavy (non-hydrogen) atoms. The Hall–Kier alpha value is -0.670. The van der Waals surface area contributed by atoms with Crippen LogP contribution in [0.2, 0.25) is 10.3 Å². The fourth-order valence-corrected chi connectivity index (χ4v) is 0.716. The van der Waals surface area contributed by atoms with E-state index in [-0.39, 0.29) is 16.0 Å². The lowest BCUT2D eigenvalue weighted by atomic mass is 10.4. The predicted octanol–water partition coefficient (Wildman–Crippen LogP) is 1.60. The van der Waals surface area contributed by atoms with Gasteiger partial charge in [0.1, 0.15) is 5.69 Å². The Kier molecular flexibility index (Phi) is 2.19. The molecule has 0 radical (unpaired) electrons. The fraction of sp³-hybridized carbons (Fsp3) is 0. The molecule has 0 unspecified atom stereocenters. The standard InChI is InChI=1S/C5H2Cl2N2O/c6-3-1-8-5(7)9-4(3)2-10/h1-2H. The minimum absolute atomic E-state index is 0.0199. The molecule has 0 aliphatic rings. The van der Waals surface area contributed by atoms with E-state index >= 15 is 0 Å². The molecule has 0 amide bonds. The summed E-state index contributed by atoms with van der Waals surface area (Å²) in [7, 11) is 0. The van der Waals surface area contributed by atoms with Crippen molar-refractivity contribution in [2.24, 2.45) is 0 Å². The normalized spacial score (nSPS) is 9.40. The summed E-state index contributed by atoms with van der Waals surface area (Å²) in [6, 6.07) is 0. The number of hydrogen-bond donors (Lipinski definition) is 0. The molecule has 0 N–H and O–H groups in total. The lowest BCUT2D eigenvalue weighted by Crippen LogP contribution is -1.90. The van der Waals surface area contributed by atoms with E-state index in [1.54, 1.807) is 0 Å². The van der Waals surface area contributed by atoms with E-state index < -0.39 is 0 Å². The molecule has 1 aromatic heterocycles. The van der Waals surface area contributed by atoms with Gasteiger partial charge in [0.05, 0.1) is 11.2 Å². The molecule has 5 heteroatoms. The van der Waals surface area contributed by atoms with Crippen molar-refractivity contribution >= 4 is 29.5 Å². The molecule has 0 aromatic carbocycles. The van der Waals surface area contributed by atoms with Crippen molar-refractivity contribution in [2.75, 3.05) is 0 Å². The third kappa shape index (κ3) is 1.43. The second-order valence-electron chi connectivity index (χ2n) is 1.49. The summed E-state index contributed by atoms with van der Waals surface area (Å²) in [6.45, 7) is 0. The van der Waals surface area contributed by atoms with Crippen LogP contribution >= 0.6 is 23.2 Å². The summed E-state index contributed by atoms with van der Waals surface area (Å²) in [5.74, 6) is 0. The highest BCUT2D eigenvalue weighted by atomic mass is 35.5. The smallest absolute Gasteiger partial charge is 0.223 e. The number of aldehydes is 1. The second kappa shape index (κ2) is 2.94. The topological polar surface area (TPSA) is 42.9 Å². The summed E-state index contributed by atoms with van der Waals surface area (Å²) in [6.07, 6.45) is 1.80. The first-order valence-corrected chi connectivity index (χ1v) is 3.13. The van der Waals surface area contributed by atoms with Crippen LogP contribution in [0.25, 0.3) is 0 Å². The van der Waals surface area contributed by atoms with Gasteiger partial charge in [0.25, 0.3) is 0 Å². The Morgan fingerprint density at radius 2 is 2.20 bits per heavy atom. The molecular weight excluding hydrogens is 175 g/mol. The highest BCUT2D eigenvalue weighted by Crippen LogP contribution is 2.11. The maximum absolute atomic E-state index is 10.1. The SMILES string of the molecule is O=Cc1nc(Cl)ncc1Cl. The van der Waals surface area contributed by atoms with E-state index in [2.05, 4.69) is 9.97 Å². The number of halogens is 2. The first-order chi connectivity index (χ1) is 4.74. The molecule has 0 spiro atoms. The molecule has 3 nitrogen and oxygen atoms in total. The van der Waals surface area contributed by atoms with Crippen LogP contribution < -0.4 is 0 Å². The van der Waals surface area contributed by atoms with Gasteiger partial charge < -0.3 is 0 Å². The quantitative estimate of drug-likeness (QED) is 0.483. The summed E-state index contributed by atoms with van der Waals surface area (Å²) in [5, 5.41) is 0.228. The highest BCUT2D eigenvalue weighted by Gasteiger charge is 2.00. The van der Waals surface area contributed by atoms with Gasteiger partial charge in [-0.2, -0.15) is 0 Å². The highest BCUT2D eigenvalue weighted by molar-refractivity contribution is 6.33. The minimum Gasteiger partial charge on any atom is -0.296 e. The van der Waals surface area contributed by atoms with Gasteiger partial charge >= 0.3 is 0 Å². The largest absolute Gasteiger partial charge is 0.296 e. The third-order valence-electron chi connectivity index (χ3n) is 0.853. The van der Waals surface area contributed by atoms with Crippen molar-refractivity contribution in [1.82, 2.24) is 9.97 Å². The Morgan fingerprint density at radius 1 is 1.50 bits per heavy atom.